The van der Waals surface area contributed by atoms with E-state index < -0.39 is 0 Å². The quantitative estimate of drug-likeness (QED) is 0.447. The number of anilines is 2. The lowest BCUT2D eigenvalue weighted by Crippen LogP contribution is -2.54. The largest absolute Gasteiger partial charge is 0.493 e. The number of nitrogens with zero attached hydrogens (tertiary/aromatic N) is 5. The monoisotopic (exact) mass is 492 g/mol. The van der Waals surface area contributed by atoms with Gasteiger partial charge in [0.25, 0.3) is 0 Å². The van der Waals surface area contributed by atoms with Crippen LogP contribution in [0.1, 0.15) is 19.3 Å². The van der Waals surface area contributed by atoms with Crippen molar-refractivity contribution in [3.63, 3.8) is 0 Å². The molecular formula is C25H32N8O3. The lowest BCUT2D eigenvalue weighted by atomic mass is 10.1. The van der Waals surface area contributed by atoms with Gasteiger partial charge in [-0.3, -0.25) is 10.2 Å². The number of nitrogens with two attached hydrogens (primary N) is 1. The average Bonchev–Trinajstić information content (AvgIpc) is 3.40. The summed E-state index contributed by atoms with van der Waals surface area (Å²) in [6.07, 6.45) is 2.56. The molecule has 2 saturated heterocycles. The first-order valence-corrected chi connectivity index (χ1v) is 12.2. The summed E-state index contributed by atoms with van der Waals surface area (Å²) in [5.74, 6) is 2.09. The third kappa shape index (κ3) is 4.98. The first-order valence-electron chi connectivity index (χ1n) is 12.2. The number of piperazine rings is 1. The Morgan fingerprint density at radius 2 is 1.89 bits per heavy atom. The molecule has 0 radical (unpaired) electrons. The molecule has 1 atom stereocenters. The first-order chi connectivity index (χ1) is 17.6. The summed E-state index contributed by atoms with van der Waals surface area (Å²) in [6, 6.07) is 9.38. The highest BCUT2D eigenvalue weighted by Crippen LogP contribution is 2.33. The second-order valence-electron chi connectivity index (χ2n) is 9.02. The fourth-order valence-corrected chi connectivity index (χ4v) is 4.86. The van der Waals surface area contributed by atoms with Crippen LogP contribution in [-0.4, -0.2) is 78.9 Å². The maximum atomic E-state index is 12.8. The molecule has 2 aliphatic rings. The van der Waals surface area contributed by atoms with Gasteiger partial charge in [0.2, 0.25) is 11.9 Å². The van der Waals surface area contributed by atoms with Crippen molar-refractivity contribution in [1.29, 1.82) is 0 Å². The first kappa shape index (κ1) is 24.0. The number of ether oxygens (including phenoxy) is 2. The smallest absolute Gasteiger partial charge is 0.236 e. The number of carbonyl (C=O) groups excluding carboxylic acids is 1. The van der Waals surface area contributed by atoms with Crippen molar-refractivity contribution < 1.29 is 14.3 Å². The van der Waals surface area contributed by atoms with E-state index in [-0.39, 0.29) is 17.9 Å². The van der Waals surface area contributed by atoms with Crippen LogP contribution in [0.2, 0.25) is 0 Å². The third-order valence-electron chi connectivity index (χ3n) is 6.65. The van der Waals surface area contributed by atoms with Crippen LogP contribution >= 0.6 is 0 Å². The number of nitrogens with one attached hydrogen (secondary N) is 2. The van der Waals surface area contributed by atoms with E-state index >= 15 is 0 Å². The van der Waals surface area contributed by atoms with E-state index in [0.717, 1.165) is 43.7 Å². The summed E-state index contributed by atoms with van der Waals surface area (Å²) >= 11 is 0. The number of pyridine rings is 1. The van der Waals surface area contributed by atoms with Crippen molar-refractivity contribution in [2.45, 2.75) is 25.3 Å². The van der Waals surface area contributed by atoms with Crippen molar-refractivity contribution >= 4 is 28.7 Å². The summed E-state index contributed by atoms with van der Waals surface area (Å²) in [7, 11) is 3.21. The van der Waals surface area contributed by atoms with Crippen LogP contribution in [0.4, 0.5) is 11.8 Å². The van der Waals surface area contributed by atoms with Gasteiger partial charge in [-0.25, -0.2) is 15.0 Å². The van der Waals surface area contributed by atoms with Crippen molar-refractivity contribution in [2.24, 2.45) is 0 Å². The third-order valence-corrected chi connectivity index (χ3v) is 6.65. The highest BCUT2D eigenvalue weighted by molar-refractivity contribution is 5.89. The van der Waals surface area contributed by atoms with E-state index in [1.165, 1.54) is 0 Å². The minimum atomic E-state index is -0.0922. The molecule has 0 bridgehead atoms. The second kappa shape index (κ2) is 10.5. The lowest BCUT2D eigenvalue weighted by molar-refractivity contribution is -0.125. The Labute approximate surface area is 210 Å². The van der Waals surface area contributed by atoms with Crippen LogP contribution in [0.25, 0.3) is 22.3 Å². The zero-order valence-corrected chi connectivity index (χ0v) is 20.7. The zero-order valence-electron chi connectivity index (χ0n) is 20.7. The molecule has 190 valence electrons. The zero-order chi connectivity index (χ0) is 25.1. The molecular weight excluding hydrogens is 460 g/mol. The number of nitrogen functional groups attached to an aromatic ring is 1. The molecule has 0 saturated carbocycles. The van der Waals surface area contributed by atoms with E-state index in [0.29, 0.717) is 47.9 Å². The normalized spacial score (nSPS) is 18.4. The second-order valence-corrected chi connectivity index (χ2v) is 9.02. The number of hydrogen-bond acceptors (Lipinski definition) is 10. The SMILES string of the molecule is COc1ccc(-c2ccc3nc(N)nc(N4CCNCC4CC(=O)NN4CCCC4)c3n2)cc1OC. The number of hydrogen-bond donors (Lipinski definition) is 3. The molecule has 36 heavy (non-hydrogen) atoms. The predicted octanol–water partition coefficient (Wildman–Crippen LogP) is 1.59. The van der Waals surface area contributed by atoms with Gasteiger partial charge in [0.15, 0.2) is 17.3 Å². The number of hydrazine groups is 1. The molecule has 5 rings (SSSR count). The molecule has 3 aromatic rings. The summed E-state index contributed by atoms with van der Waals surface area (Å²) < 4.78 is 10.8. The molecule has 1 unspecified atom stereocenters. The van der Waals surface area contributed by atoms with Crippen LogP contribution in [0.5, 0.6) is 11.5 Å². The maximum Gasteiger partial charge on any atom is 0.236 e. The Balaban J connectivity index is 1.48. The topological polar surface area (TPSA) is 131 Å². The van der Waals surface area contributed by atoms with Crippen LogP contribution in [0.15, 0.2) is 30.3 Å². The Bertz CT molecular complexity index is 1250. The summed E-state index contributed by atoms with van der Waals surface area (Å²) in [5, 5.41) is 5.40. The van der Waals surface area contributed by atoms with E-state index in [2.05, 4.69) is 25.6 Å². The fraction of sp³-hybridized carbons (Fsp3) is 0.440. The lowest BCUT2D eigenvalue weighted by Gasteiger charge is -2.37. The number of carbonyl (C=O) groups is 1. The van der Waals surface area contributed by atoms with E-state index in [1.54, 1.807) is 14.2 Å². The van der Waals surface area contributed by atoms with Gasteiger partial charge in [-0.1, -0.05) is 0 Å². The molecule has 4 heterocycles. The Kier molecular flexibility index (Phi) is 7.01. The van der Waals surface area contributed by atoms with Crippen molar-refractivity contribution in [3.8, 4) is 22.8 Å². The van der Waals surface area contributed by atoms with Gasteiger partial charge in [-0.05, 0) is 43.2 Å². The van der Waals surface area contributed by atoms with Gasteiger partial charge in [0, 0.05) is 44.7 Å². The summed E-state index contributed by atoms with van der Waals surface area (Å²) in [4.78, 5) is 28.9. The summed E-state index contributed by atoms with van der Waals surface area (Å²) in [5.41, 5.74) is 12.1. The molecule has 2 fully saturated rings. The molecule has 0 aliphatic carbocycles. The molecule has 2 aliphatic heterocycles. The van der Waals surface area contributed by atoms with E-state index in [1.807, 2.05) is 35.3 Å². The predicted molar refractivity (Wildman–Crippen MR) is 138 cm³/mol. The Morgan fingerprint density at radius 3 is 2.67 bits per heavy atom. The number of methoxy groups -OCH3 is 2. The highest BCUT2D eigenvalue weighted by Gasteiger charge is 2.29. The average molecular weight is 493 g/mol. The molecule has 2 aromatic heterocycles. The number of benzene rings is 1. The van der Waals surface area contributed by atoms with Crippen LogP contribution in [0, 0.1) is 0 Å². The molecule has 4 N–H and O–H groups in total. The van der Waals surface area contributed by atoms with Gasteiger partial charge >= 0.3 is 0 Å². The van der Waals surface area contributed by atoms with Gasteiger partial charge in [0.1, 0.15) is 5.52 Å². The van der Waals surface area contributed by atoms with E-state index in [4.69, 9.17) is 20.2 Å². The van der Waals surface area contributed by atoms with Crippen LogP contribution in [0.3, 0.4) is 0 Å². The van der Waals surface area contributed by atoms with Crippen molar-refractivity contribution in [3.05, 3.63) is 30.3 Å². The van der Waals surface area contributed by atoms with Crippen LogP contribution in [-0.2, 0) is 4.79 Å². The number of rotatable bonds is 7. The van der Waals surface area contributed by atoms with Gasteiger partial charge in [-0.2, -0.15) is 4.98 Å². The van der Waals surface area contributed by atoms with Gasteiger partial charge < -0.3 is 25.4 Å². The molecule has 0 spiro atoms. The van der Waals surface area contributed by atoms with Crippen LogP contribution < -0.4 is 30.8 Å². The Morgan fingerprint density at radius 1 is 1.08 bits per heavy atom. The minimum absolute atomic E-state index is 0.000842. The minimum Gasteiger partial charge on any atom is -0.493 e. The standard InChI is InChI=1S/C25H32N8O3/c1-35-20-8-5-16(13-21(20)36-2)18-6-7-19-23(28-18)24(30-25(26)29-19)33-12-9-27-15-17(33)14-22(34)31-32-10-3-4-11-32/h5-8,13,17,27H,3-4,9-12,14-15H2,1-2H3,(H,31,34)(H2,26,29,30). The molecule has 1 amide bonds. The van der Waals surface area contributed by atoms with Gasteiger partial charge in [-0.15, -0.1) is 0 Å². The van der Waals surface area contributed by atoms with Crippen molar-refractivity contribution in [1.82, 2.24) is 30.7 Å². The molecule has 11 heteroatoms. The number of amides is 1. The number of fused-ring (bicyclic) bond motifs is 1. The molecule has 1 aromatic carbocycles. The fourth-order valence-electron chi connectivity index (χ4n) is 4.86. The Hall–Kier alpha value is -3.70. The van der Waals surface area contributed by atoms with E-state index in [9.17, 15) is 4.79 Å². The van der Waals surface area contributed by atoms with Crippen molar-refractivity contribution in [2.75, 3.05) is 57.6 Å². The van der Waals surface area contributed by atoms with Gasteiger partial charge in [0.05, 0.1) is 31.5 Å². The number of aromatic nitrogens is 3. The molecule has 11 nitrogen and oxygen atoms in total. The highest BCUT2D eigenvalue weighted by atomic mass is 16.5. The maximum absolute atomic E-state index is 12.8. The summed E-state index contributed by atoms with van der Waals surface area (Å²) in [6.45, 7) is 3.90.